The Labute approximate surface area is 86.9 Å². The van der Waals surface area contributed by atoms with Gasteiger partial charge in [-0.3, -0.25) is 0 Å². The summed E-state index contributed by atoms with van der Waals surface area (Å²) in [5, 5.41) is 9.00. The predicted octanol–water partition coefficient (Wildman–Crippen LogP) is 0.734. The molecule has 0 fully saturated rings. The fraction of sp³-hybridized carbons (Fsp3) is 0.200. The van der Waals surface area contributed by atoms with Crippen LogP contribution in [-0.4, -0.2) is 25.0 Å². The van der Waals surface area contributed by atoms with E-state index in [1.807, 2.05) is 6.92 Å². The third-order valence-electron chi connectivity index (χ3n) is 1.84. The summed E-state index contributed by atoms with van der Waals surface area (Å²) in [6, 6.07) is 3.46. The lowest BCUT2D eigenvalue weighted by atomic mass is 10.3. The zero-order chi connectivity index (χ0) is 10.7. The van der Waals surface area contributed by atoms with E-state index in [0.29, 0.717) is 17.3 Å². The van der Waals surface area contributed by atoms with Gasteiger partial charge in [-0.15, -0.1) is 0 Å². The van der Waals surface area contributed by atoms with Gasteiger partial charge in [-0.25, -0.2) is 19.9 Å². The van der Waals surface area contributed by atoms with Crippen molar-refractivity contribution in [3.8, 4) is 11.6 Å². The number of rotatable bonds is 2. The lowest BCUT2D eigenvalue weighted by molar-refractivity contribution is 0.276. The van der Waals surface area contributed by atoms with Gasteiger partial charge in [-0.1, -0.05) is 0 Å². The van der Waals surface area contributed by atoms with Crippen LogP contribution < -0.4 is 0 Å². The Morgan fingerprint density at radius 1 is 1.13 bits per heavy atom. The van der Waals surface area contributed by atoms with Crippen LogP contribution >= 0.6 is 0 Å². The summed E-state index contributed by atoms with van der Waals surface area (Å²) in [5.74, 6) is 0.913. The molecule has 0 aliphatic heterocycles. The van der Waals surface area contributed by atoms with E-state index >= 15 is 0 Å². The molecule has 0 aromatic carbocycles. The van der Waals surface area contributed by atoms with Gasteiger partial charge in [0.1, 0.15) is 0 Å². The highest BCUT2D eigenvalue weighted by atomic mass is 16.3. The van der Waals surface area contributed by atoms with E-state index in [2.05, 4.69) is 19.9 Å². The van der Waals surface area contributed by atoms with Crippen LogP contribution in [0.1, 0.15) is 11.4 Å². The molecular weight excluding hydrogens is 192 g/mol. The molecule has 0 amide bonds. The number of aliphatic hydroxyl groups excluding tert-OH is 1. The Balaban J connectivity index is 2.49. The zero-order valence-electron chi connectivity index (χ0n) is 8.25. The largest absolute Gasteiger partial charge is 0.390 e. The Bertz CT molecular complexity index is 458. The van der Waals surface area contributed by atoms with Crippen LogP contribution in [0.25, 0.3) is 11.6 Å². The van der Waals surface area contributed by atoms with E-state index in [1.54, 1.807) is 24.5 Å². The van der Waals surface area contributed by atoms with Crippen molar-refractivity contribution in [1.82, 2.24) is 19.9 Å². The van der Waals surface area contributed by atoms with Crippen molar-refractivity contribution in [2.75, 3.05) is 0 Å². The quantitative estimate of drug-likeness (QED) is 0.777. The average molecular weight is 202 g/mol. The molecule has 0 bridgehead atoms. The molecule has 0 spiro atoms. The average Bonchev–Trinajstić information content (AvgIpc) is 2.29. The van der Waals surface area contributed by atoms with Crippen LogP contribution in [0.3, 0.4) is 0 Å². The second-order valence-corrected chi connectivity index (χ2v) is 3.05. The van der Waals surface area contributed by atoms with Crippen LogP contribution in [0.5, 0.6) is 0 Å². The highest BCUT2D eigenvalue weighted by molar-refractivity contribution is 5.42. The summed E-state index contributed by atoms with van der Waals surface area (Å²) in [6.07, 6.45) is 3.26. The molecule has 0 saturated heterocycles. The number of nitrogens with zero attached hydrogens (tertiary/aromatic N) is 4. The Morgan fingerprint density at radius 2 is 1.87 bits per heavy atom. The number of aryl methyl sites for hydroxylation is 1. The highest BCUT2D eigenvalue weighted by Gasteiger charge is 2.06. The first-order valence-corrected chi connectivity index (χ1v) is 4.52. The summed E-state index contributed by atoms with van der Waals surface area (Å²) in [7, 11) is 0. The maximum atomic E-state index is 9.00. The van der Waals surface area contributed by atoms with Gasteiger partial charge in [0, 0.05) is 18.1 Å². The van der Waals surface area contributed by atoms with Gasteiger partial charge in [0.25, 0.3) is 0 Å². The van der Waals surface area contributed by atoms with Crippen LogP contribution in [0.15, 0.2) is 24.5 Å². The van der Waals surface area contributed by atoms with Crippen molar-refractivity contribution >= 4 is 0 Å². The molecule has 5 heteroatoms. The van der Waals surface area contributed by atoms with Crippen LogP contribution in [0, 0.1) is 6.92 Å². The molecule has 1 N–H and O–H groups in total. The minimum Gasteiger partial charge on any atom is -0.390 e. The maximum Gasteiger partial charge on any atom is 0.198 e. The van der Waals surface area contributed by atoms with Crippen molar-refractivity contribution < 1.29 is 5.11 Å². The van der Waals surface area contributed by atoms with E-state index in [-0.39, 0.29) is 6.61 Å². The number of aromatic nitrogens is 4. The first-order valence-electron chi connectivity index (χ1n) is 4.52. The first kappa shape index (κ1) is 9.67. The topological polar surface area (TPSA) is 71.8 Å². The summed E-state index contributed by atoms with van der Waals surface area (Å²) < 4.78 is 0. The van der Waals surface area contributed by atoms with Gasteiger partial charge in [0.15, 0.2) is 11.6 Å². The van der Waals surface area contributed by atoms with E-state index < -0.39 is 0 Å². The van der Waals surface area contributed by atoms with Crippen LogP contribution in [0.4, 0.5) is 0 Å². The van der Waals surface area contributed by atoms with Crippen LogP contribution in [0.2, 0.25) is 0 Å². The van der Waals surface area contributed by atoms with Gasteiger partial charge in [0.05, 0.1) is 12.3 Å². The summed E-state index contributed by atoms with van der Waals surface area (Å²) in [5.41, 5.74) is 1.36. The maximum absolute atomic E-state index is 9.00. The lowest BCUT2D eigenvalue weighted by Gasteiger charge is -2.02. The third-order valence-corrected chi connectivity index (χ3v) is 1.84. The Morgan fingerprint density at radius 3 is 2.53 bits per heavy atom. The molecule has 0 unspecified atom stereocenters. The number of hydrogen-bond acceptors (Lipinski definition) is 5. The smallest absolute Gasteiger partial charge is 0.198 e. The second-order valence-electron chi connectivity index (χ2n) is 3.05. The molecule has 0 saturated carbocycles. The molecule has 0 radical (unpaired) electrons. The van der Waals surface area contributed by atoms with E-state index in [4.69, 9.17) is 5.11 Å². The van der Waals surface area contributed by atoms with Gasteiger partial charge in [-0.05, 0) is 19.1 Å². The molecule has 5 nitrogen and oxygen atoms in total. The van der Waals surface area contributed by atoms with Gasteiger partial charge in [-0.2, -0.15) is 0 Å². The molecular formula is C10H10N4O. The number of hydrogen-bond donors (Lipinski definition) is 1. The monoisotopic (exact) mass is 202 g/mol. The Kier molecular flexibility index (Phi) is 2.64. The molecule has 2 heterocycles. The van der Waals surface area contributed by atoms with Crippen molar-refractivity contribution in [1.29, 1.82) is 0 Å². The van der Waals surface area contributed by atoms with Crippen molar-refractivity contribution in [2.45, 2.75) is 13.5 Å². The van der Waals surface area contributed by atoms with Gasteiger partial charge < -0.3 is 5.11 Å². The zero-order valence-corrected chi connectivity index (χ0v) is 8.25. The minimum absolute atomic E-state index is 0.108. The molecule has 76 valence electrons. The van der Waals surface area contributed by atoms with Crippen LogP contribution in [-0.2, 0) is 6.61 Å². The fourth-order valence-electron chi connectivity index (χ4n) is 1.23. The Hall–Kier alpha value is -1.88. The minimum atomic E-state index is -0.108. The van der Waals surface area contributed by atoms with Crippen molar-refractivity contribution in [3.05, 3.63) is 35.9 Å². The SMILES string of the molecule is Cc1cc(CO)nc(-c2ncccn2)n1. The molecule has 0 aliphatic rings. The molecule has 15 heavy (non-hydrogen) atoms. The van der Waals surface area contributed by atoms with Crippen molar-refractivity contribution in [2.24, 2.45) is 0 Å². The lowest BCUT2D eigenvalue weighted by Crippen LogP contribution is -2.00. The first-order chi connectivity index (χ1) is 7.29. The van der Waals surface area contributed by atoms with E-state index in [9.17, 15) is 0 Å². The molecule has 0 atom stereocenters. The third kappa shape index (κ3) is 2.13. The highest BCUT2D eigenvalue weighted by Crippen LogP contribution is 2.09. The van der Waals surface area contributed by atoms with E-state index in [1.165, 1.54) is 0 Å². The normalized spacial score (nSPS) is 10.3. The predicted molar refractivity (Wildman–Crippen MR) is 53.7 cm³/mol. The van der Waals surface area contributed by atoms with Gasteiger partial charge in [0.2, 0.25) is 0 Å². The van der Waals surface area contributed by atoms with Crippen molar-refractivity contribution in [3.63, 3.8) is 0 Å². The summed E-state index contributed by atoms with van der Waals surface area (Å²) >= 11 is 0. The standard InChI is InChI=1S/C10H10N4O/c1-7-5-8(6-15)14-10(13-7)9-11-3-2-4-12-9/h2-5,15H,6H2,1H3. The summed E-state index contributed by atoms with van der Waals surface area (Å²) in [6.45, 7) is 1.73. The molecule has 2 aromatic heterocycles. The number of aliphatic hydroxyl groups is 1. The van der Waals surface area contributed by atoms with Gasteiger partial charge >= 0.3 is 0 Å². The van der Waals surface area contributed by atoms with E-state index in [0.717, 1.165) is 5.69 Å². The second kappa shape index (κ2) is 4.10. The molecule has 2 aromatic rings. The fourth-order valence-corrected chi connectivity index (χ4v) is 1.23. The summed E-state index contributed by atoms with van der Waals surface area (Å²) in [4.78, 5) is 16.4. The molecule has 2 rings (SSSR count). The molecule has 0 aliphatic carbocycles.